The Kier molecular flexibility index (Phi) is 4.41. The zero-order valence-corrected chi connectivity index (χ0v) is 13.0. The van der Waals surface area contributed by atoms with Crippen molar-refractivity contribution in [2.45, 2.75) is 45.1 Å². The van der Waals surface area contributed by atoms with Crippen LogP contribution in [-0.2, 0) is 6.42 Å². The van der Waals surface area contributed by atoms with E-state index in [-0.39, 0.29) is 5.91 Å². The number of piperidine rings is 1. The largest absolute Gasteiger partial charge is 0.338 e. The lowest BCUT2D eigenvalue weighted by Crippen LogP contribution is -2.45. The molecule has 110 valence electrons. The van der Waals surface area contributed by atoms with Crippen LogP contribution in [0.15, 0.2) is 11.4 Å². The molecule has 1 aromatic rings. The van der Waals surface area contributed by atoms with Crippen LogP contribution in [0.3, 0.4) is 0 Å². The van der Waals surface area contributed by atoms with Gasteiger partial charge in [-0.3, -0.25) is 4.79 Å². The summed E-state index contributed by atoms with van der Waals surface area (Å²) >= 11 is 1.60. The predicted octanol–water partition coefficient (Wildman–Crippen LogP) is 2.91. The molecule has 2 fully saturated rings. The number of nitrogens with one attached hydrogen (secondary N) is 1. The van der Waals surface area contributed by atoms with Crippen molar-refractivity contribution in [2.24, 2.45) is 5.92 Å². The zero-order chi connectivity index (χ0) is 13.9. The van der Waals surface area contributed by atoms with Crippen molar-refractivity contribution >= 4 is 17.2 Å². The maximum Gasteiger partial charge on any atom is 0.264 e. The van der Waals surface area contributed by atoms with E-state index in [1.807, 2.05) is 5.38 Å². The Hall–Kier alpha value is -0.870. The van der Waals surface area contributed by atoms with Crippen LogP contribution in [0.4, 0.5) is 0 Å². The fourth-order valence-electron chi connectivity index (χ4n) is 3.58. The van der Waals surface area contributed by atoms with Crippen molar-refractivity contribution in [3.63, 3.8) is 0 Å². The monoisotopic (exact) mass is 292 g/mol. The summed E-state index contributed by atoms with van der Waals surface area (Å²) in [5.74, 6) is 0.916. The van der Waals surface area contributed by atoms with Crippen LogP contribution in [0.1, 0.15) is 47.8 Å². The van der Waals surface area contributed by atoms with Gasteiger partial charge in [-0.25, -0.2) is 0 Å². The molecule has 1 N–H and O–H groups in total. The molecule has 2 aliphatic heterocycles. The molecule has 0 aliphatic carbocycles. The number of aryl methyl sites for hydroxylation is 1. The van der Waals surface area contributed by atoms with Crippen LogP contribution < -0.4 is 5.32 Å². The first-order valence-electron chi connectivity index (χ1n) is 7.88. The number of likely N-dealkylation sites (tertiary alicyclic amines) is 1. The number of hydrogen-bond acceptors (Lipinski definition) is 3. The molecule has 3 nitrogen and oxygen atoms in total. The lowest BCUT2D eigenvalue weighted by molar-refractivity contribution is 0.0655. The van der Waals surface area contributed by atoms with E-state index in [0.29, 0.717) is 12.0 Å². The van der Waals surface area contributed by atoms with Crippen molar-refractivity contribution in [3.05, 3.63) is 21.9 Å². The molecule has 2 saturated heterocycles. The van der Waals surface area contributed by atoms with E-state index in [2.05, 4.69) is 23.2 Å². The first-order chi connectivity index (χ1) is 9.79. The highest BCUT2D eigenvalue weighted by atomic mass is 32.1. The second kappa shape index (κ2) is 6.27. The van der Waals surface area contributed by atoms with E-state index in [1.54, 1.807) is 11.3 Å². The van der Waals surface area contributed by atoms with E-state index in [4.69, 9.17) is 0 Å². The molecule has 3 rings (SSSR count). The summed E-state index contributed by atoms with van der Waals surface area (Å²) in [7, 11) is 0. The van der Waals surface area contributed by atoms with E-state index >= 15 is 0 Å². The molecule has 0 bridgehead atoms. The van der Waals surface area contributed by atoms with Gasteiger partial charge in [0.1, 0.15) is 0 Å². The first-order valence-corrected chi connectivity index (χ1v) is 8.76. The van der Waals surface area contributed by atoms with Gasteiger partial charge in [-0.1, -0.05) is 6.92 Å². The quantitative estimate of drug-likeness (QED) is 0.929. The lowest BCUT2D eigenvalue weighted by Gasteiger charge is -2.35. The first kappa shape index (κ1) is 14.1. The van der Waals surface area contributed by atoms with Gasteiger partial charge in [0.25, 0.3) is 5.91 Å². The minimum atomic E-state index is 0.263. The number of carbonyl (C=O) groups excluding carboxylic acids is 1. The summed E-state index contributed by atoms with van der Waals surface area (Å²) in [5, 5.41) is 5.66. The summed E-state index contributed by atoms with van der Waals surface area (Å²) in [6.07, 6.45) is 5.95. The molecular formula is C16H24N2OS. The Morgan fingerprint density at radius 2 is 2.35 bits per heavy atom. The number of rotatable bonds is 3. The standard InChI is InChI=1S/C16H24N2OS/c1-2-12-7-10-20-15(12)16(19)18-9-4-5-13(11-18)14-6-3-8-17-14/h7,10,13-14,17H,2-6,8-9,11H2,1H3. The summed E-state index contributed by atoms with van der Waals surface area (Å²) in [6.45, 7) is 5.15. The van der Waals surface area contributed by atoms with Crippen LogP contribution in [0.25, 0.3) is 0 Å². The highest BCUT2D eigenvalue weighted by Crippen LogP contribution is 2.27. The van der Waals surface area contributed by atoms with Crippen molar-refractivity contribution in [2.75, 3.05) is 19.6 Å². The van der Waals surface area contributed by atoms with Crippen molar-refractivity contribution in [1.82, 2.24) is 10.2 Å². The molecule has 2 aliphatic rings. The number of hydrogen-bond donors (Lipinski definition) is 1. The Morgan fingerprint density at radius 1 is 1.45 bits per heavy atom. The van der Waals surface area contributed by atoms with E-state index in [9.17, 15) is 4.79 Å². The van der Waals surface area contributed by atoms with Crippen LogP contribution in [0, 0.1) is 5.92 Å². The summed E-state index contributed by atoms with van der Waals surface area (Å²) in [6, 6.07) is 2.73. The molecule has 1 amide bonds. The molecule has 0 radical (unpaired) electrons. The van der Waals surface area contributed by atoms with Crippen LogP contribution in [-0.4, -0.2) is 36.5 Å². The Bertz CT molecular complexity index is 465. The van der Waals surface area contributed by atoms with Gasteiger partial charge < -0.3 is 10.2 Å². The third kappa shape index (κ3) is 2.77. The van der Waals surface area contributed by atoms with Gasteiger partial charge in [0, 0.05) is 19.1 Å². The summed E-state index contributed by atoms with van der Waals surface area (Å²) in [4.78, 5) is 15.8. The van der Waals surface area contributed by atoms with Gasteiger partial charge in [0.15, 0.2) is 0 Å². The molecule has 0 saturated carbocycles. The Morgan fingerprint density at radius 3 is 3.10 bits per heavy atom. The van der Waals surface area contributed by atoms with Gasteiger partial charge >= 0.3 is 0 Å². The minimum Gasteiger partial charge on any atom is -0.338 e. The second-order valence-corrected chi connectivity index (χ2v) is 6.90. The zero-order valence-electron chi connectivity index (χ0n) is 12.2. The molecule has 0 spiro atoms. The molecule has 1 aromatic heterocycles. The SMILES string of the molecule is CCc1ccsc1C(=O)N1CCCC(C2CCCN2)C1. The summed E-state index contributed by atoms with van der Waals surface area (Å²) in [5.41, 5.74) is 1.21. The fourth-order valence-corrected chi connectivity index (χ4v) is 4.54. The number of nitrogens with zero attached hydrogens (tertiary/aromatic N) is 1. The second-order valence-electron chi connectivity index (χ2n) is 5.98. The molecule has 2 unspecified atom stereocenters. The van der Waals surface area contributed by atoms with Crippen LogP contribution >= 0.6 is 11.3 Å². The van der Waals surface area contributed by atoms with Crippen molar-refractivity contribution in [3.8, 4) is 0 Å². The normalized spacial score (nSPS) is 26.9. The average Bonchev–Trinajstić information content (AvgIpc) is 3.17. The van der Waals surface area contributed by atoms with Crippen LogP contribution in [0.2, 0.25) is 0 Å². The summed E-state index contributed by atoms with van der Waals surface area (Å²) < 4.78 is 0. The smallest absolute Gasteiger partial charge is 0.264 e. The highest BCUT2D eigenvalue weighted by molar-refractivity contribution is 7.12. The maximum atomic E-state index is 12.7. The van der Waals surface area contributed by atoms with E-state index in [0.717, 1.165) is 37.4 Å². The molecular weight excluding hydrogens is 268 g/mol. The third-order valence-electron chi connectivity index (χ3n) is 4.73. The van der Waals surface area contributed by atoms with E-state index < -0.39 is 0 Å². The van der Waals surface area contributed by atoms with Gasteiger partial charge in [-0.2, -0.15) is 0 Å². The Labute approximate surface area is 125 Å². The molecule has 20 heavy (non-hydrogen) atoms. The third-order valence-corrected chi connectivity index (χ3v) is 5.68. The number of thiophene rings is 1. The van der Waals surface area contributed by atoms with Crippen LogP contribution in [0.5, 0.6) is 0 Å². The number of amides is 1. The average molecular weight is 292 g/mol. The van der Waals surface area contributed by atoms with Gasteiger partial charge in [0.05, 0.1) is 4.88 Å². The Balaban J connectivity index is 1.68. The van der Waals surface area contributed by atoms with E-state index in [1.165, 1.54) is 24.8 Å². The minimum absolute atomic E-state index is 0.263. The van der Waals surface area contributed by atoms with Gasteiger partial charge in [0.2, 0.25) is 0 Å². The maximum absolute atomic E-state index is 12.7. The van der Waals surface area contributed by atoms with Crippen molar-refractivity contribution < 1.29 is 4.79 Å². The molecule has 2 atom stereocenters. The topological polar surface area (TPSA) is 32.3 Å². The predicted molar refractivity (Wildman–Crippen MR) is 83.3 cm³/mol. The molecule has 0 aromatic carbocycles. The van der Waals surface area contributed by atoms with Crippen molar-refractivity contribution in [1.29, 1.82) is 0 Å². The fraction of sp³-hybridized carbons (Fsp3) is 0.688. The molecule has 4 heteroatoms. The van der Waals surface area contributed by atoms with Gasteiger partial charge in [-0.05, 0) is 61.6 Å². The highest BCUT2D eigenvalue weighted by Gasteiger charge is 2.31. The molecule has 3 heterocycles. The van der Waals surface area contributed by atoms with Gasteiger partial charge in [-0.15, -0.1) is 11.3 Å². The lowest BCUT2D eigenvalue weighted by atomic mass is 9.89. The number of carbonyl (C=O) groups is 1.